The van der Waals surface area contributed by atoms with Gasteiger partial charge in [0.15, 0.2) is 0 Å². The van der Waals surface area contributed by atoms with Crippen molar-refractivity contribution in [3.05, 3.63) is 213 Å². The molecule has 0 saturated heterocycles. The maximum atomic E-state index is 5.33. The maximum Gasteiger partial charge on any atom is 0.138 e. The van der Waals surface area contributed by atoms with Crippen LogP contribution in [0.2, 0.25) is 0 Å². The highest BCUT2D eigenvalue weighted by Crippen LogP contribution is 2.40. The Balaban J connectivity index is 0.937. The van der Waals surface area contributed by atoms with Gasteiger partial charge in [0.2, 0.25) is 0 Å². The Kier molecular flexibility index (Phi) is 8.01. The summed E-state index contributed by atoms with van der Waals surface area (Å²) in [6.45, 7) is 0. The van der Waals surface area contributed by atoms with E-state index in [2.05, 4.69) is 191 Å². The summed E-state index contributed by atoms with van der Waals surface area (Å²) in [5.41, 5.74) is 15.3. The van der Waals surface area contributed by atoms with Crippen molar-refractivity contribution in [2.75, 3.05) is 0 Å². The Morgan fingerprint density at radius 1 is 0.365 bits per heavy atom. The van der Waals surface area contributed by atoms with Gasteiger partial charge < -0.3 is 4.57 Å². The molecule has 0 saturated carbocycles. The van der Waals surface area contributed by atoms with E-state index >= 15 is 0 Å². The van der Waals surface area contributed by atoms with E-state index in [1.54, 1.807) is 11.3 Å². The predicted octanol–water partition coefficient (Wildman–Crippen LogP) is 15.1. The summed E-state index contributed by atoms with van der Waals surface area (Å²) in [5.74, 6) is 0.880. The Hall–Kier alpha value is -8.19. The number of para-hydroxylation sites is 2. The van der Waals surface area contributed by atoms with Crippen LogP contribution in [0.3, 0.4) is 0 Å². The second-order valence-corrected chi connectivity index (χ2v) is 17.2. The smallest absolute Gasteiger partial charge is 0.138 e. The second-order valence-electron chi connectivity index (χ2n) is 16.1. The molecule has 0 atom stereocenters. The zero-order valence-electron chi connectivity index (χ0n) is 33.9. The van der Waals surface area contributed by atoms with E-state index in [0.29, 0.717) is 0 Å². The van der Waals surface area contributed by atoms with E-state index in [1.807, 2.05) is 30.7 Å². The van der Waals surface area contributed by atoms with Crippen LogP contribution in [0.15, 0.2) is 213 Å². The molecule has 6 aromatic heterocycles. The Morgan fingerprint density at radius 3 is 1.84 bits per heavy atom. The van der Waals surface area contributed by atoms with Crippen LogP contribution in [0.5, 0.6) is 0 Å². The molecule has 0 aliphatic heterocycles. The molecule has 5 nitrogen and oxygen atoms in total. The highest BCUT2D eigenvalue weighted by Gasteiger charge is 2.18. The summed E-state index contributed by atoms with van der Waals surface area (Å²) < 4.78 is 7.15. The van der Waals surface area contributed by atoms with Crippen molar-refractivity contribution >= 4 is 75.3 Å². The highest BCUT2D eigenvalue weighted by molar-refractivity contribution is 7.25. The number of benzene rings is 7. The molecule has 0 aliphatic carbocycles. The molecule has 63 heavy (non-hydrogen) atoms. The van der Waals surface area contributed by atoms with Gasteiger partial charge in [0.1, 0.15) is 5.82 Å². The van der Waals surface area contributed by atoms with Crippen LogP contribution >= 0.6 is 11.3 Å². The third-order valence-corrected chi connectivity index (χ3v) is 13.6. The third kappa shape index (κ3) is 5.80. The molecule has 0 radical (unpaired) electrons. The van der Waals surface area contributed by atoms with Gasteiger partial charge in [-0.25, -0.2) is 4.98 Å². The van der Waals surface area contributed by atoms with Crippen molar-refractivity contribution in [3.63, 3.8) is 0 Å². The average Bonchev–Trinajstić information content (AvgIpc) is 4.01. The number of pyridine rings is 3. The number of thiophene rings is 1. The van der Waals surface area contributed by atoms with E-state index in [4.69, 9.17) is 15.0 Å². The van der Waals surface area contributed by atoms with Gasteiger partial charge in [-0.15, -0.1) is 11.3 Å². The van der Waals surface area contributed by atoms with Gasteiger partial charge in [0, 0.05) is 72.6 Å². The predicted molar refractivity (Wildman–Crippen MR) is 263 cm³/mol. The Morgan fingerprint density at radius 2 is 1.03 bits per heavy atom. The maximum absolute atomic E-state index is 5.33. The first-order chi connectivity index (χ1) is 31.2. The normalized spacial score (nSPS) is 11.8. The van der Waals surface area contributed by atoms with Crippen molar-refractivity contribution in [1.82, 2.24) is 24.1 Å². The molecule has 0 aliphatic rings. The first-order valence-electron chi connectivity index (χ1n) is 21.2. The molecular weight excluding hydrogens is 787 g/mol. The average molecular weight is 822 g/mol. The van der Waals surface area contributed by atoms with E-state index < -0.39 is 0 Å². The molecule has 0 unspecified atom stereocenters. The first-order valence-corrected chi connectivity index (χ1v) is 22.0. The molecule has 0 amide bonds. The third-order valence-electron chi connectivity index (χ3n) is 12.4. The van der Waals surface area contributed by atoms with Gasteiger partial charge in [0.25, 0.3) is 0 Å². The lowest BCUT2D eigenvalue weighted by Gasteiger charge is -2.13. The SMILES string of the molecule is c1ccc(-c2cc(-c3ccccc3)nc(-n3c4ccccc4c4cc(-c5cncc(-c6ccc7c8ccccc8n(-c8ccc9sc%10cccnc%10c9c8)c7c6)c5)ccc43)c2)cc1. The minimum Gasteiger partial charge on any atom is -0.309 e. The Labute approximate surface area is 366 Å². The van der Waals surface area contributed by atoms with Crippen LogP contribution in [0.4, 0.5) is 0 Å². The molecule has 13 aromatic rings. The van der Waals surface area contributed by atoms with Gasteiger partial charge in [-0.1, -0.05) is 115 Å². The zero-order valence-corrected chi connectivity index (χ0v) is 34.7. The fourth-order valence-electron chi connectivity index (χ4n) is 9.49. The number of fused-ring (bicyclic) bond motifs is 9. The standard InChI is InChI=1S/C57H35N5S/c1-3-12-36(13-4-1)40-30-49(37-14-5-2-6-15-37)60-56(32-40)62-51-19-10-8-17-45(51)47-29-38(22-25-52(47)62)41-28-42(35-58-34-41)39-21-24-46-44-16-7-9-18-50(44)61(53(46)31-39)43-23-26-54-48(33-43)57-55(63-54)20-11-27-59-57/h1-35H. The van der Waals surface area contributed by atoms with Crippen molar-refractivity contribution < 1.29 is 0 Å². The lowest BCUT2D eigenvalue weighted by molar-refractivity contribution is 1.08. The van der Waals surface area contributed by atoms with Crippen LogP contribution in [-0.4, -0.2) is 24.1 Å². The monoisotopic (exact) mass is 821 g/mol. The van der Waals surface area contributed by atoms with Gasteiger partial charge >= 0.3 is 0 Å². The van der Waals surface area contributed by atoms with Gasteiger partial charge in [-0.05, 0) is 101 Å². The summed E-state index contributed by atoms with van der Waals surface area (Å²) in [5, 5.41) is 5.96. The fraction of sp³-hybridized carbons (Fsp3) is 0. The van der Waals surface area contributed by atoms with Gasteiger partial charge in [-0.3, -0.25) is 14.5 Å². The molecule has 294 valence electrons. The molecule has 0 fully saturated rings. The molecular formula is C57H35N5S. The van der Waals surface area contributed by atoms with Gasteiger partial charge in [-0.2, -0.15) is 0 Å². The lowest BCUT2D eigenvalue weighted by Crippen LogP contribution is -2.00. The number of rotatable bonds is 6. The summed E-state index contributed by atoms with van der Waals surface area (Å²) in [6.07, 6.45) is 5.84. The summed E-state index contributed by atoms with van der Waals surface area (Å²) in [7, 11) is 0. The summed E-state index contributed by atoms with van der Waals surface area (Å²) >= 11 is 1.79. The van der Waals surface area contributed by atoms with Crippen LogP contribution < -0.4 is 0 Å². The van der Waals surface area contributed by atoms with Crippen LogP contribution in [0.1, 0.15) is 0 Å². The zero-order chi connectivity index (χ0) is 41.4. The number of hydrogen-bond donors (Lipinski definition) is 0. The molecule has 13 rings (SSSR count). The van der Waals surface area contributed by atoms with Crippen molar-refractivity contribution in [2.24, 2.45) is 0 Å². The molecule has 6 heterocycles. The molecule has 7 aromatic carbocycles. The summed E-state index contributed by atoms with van der Waals surface area (Å²) in [6, 6.07) is 69.6. The number of nitrogens with zero attached hydrogens (tertiary/aromatic N) is 5. The molecule has 0 spiro atoms. The van der Waals surface area contributed by atoms with E-state index in [1.165, 1.54) is 36.5 Å². The fourth-order valence-corrected chi connectivity index (χ4v) is 10.5. The van der Waals surface area contributed by atoms with Gasteiger partial charge in [0.05, 0.1) is 38.0 Å². The molecule has 0 bridgehead atoms. The topological polar surface area (TPSA) is 48.5 Å². The quantitative estimate of drug-likeness (QED) is 0.168. The Bertz CT molecular complexity index is 3860. The van der Waals surface area contributed by atoms with E-state index in [9.17, 15) is 0 Å². The van der Waals surface area contributed by atoms with E-state index in [0.717, 1.165) is 83.6 Å². The number of hydrogen-bond acceptors (Lipinski definition) is 4. The highest BCUT2D eigenvalue weighted by atomic mass is 32.1. The molecule has 0 N–H and O–H groups in total. The second kappa shape index (κ2) is 14.2. The number of aromatic nitrogens is 5. The minimum atomic E-state index is 0.880. The minimum absolute atomic E-state index is 0.880. The largest absolute Gasteiger partial charge is 0.309 e. The first kappa shape index (κ1) is 35.6. The molecule has 6 heteroatoms. The van der Waals surface area contributed by atoms with Crippen LogP contribution in [-0.2, 0) is 0 Å². The lowest BCUT2D eigenvalue weighted by atomic mass is 9.99. The van der Waals surface area contributed by atoms with Crippen LogP contribution in [0, 0.1) is 0 Å². The van der Waals surface area contributed by atoms with Crippen molar-refractivity contribution in [2.45, 2.75) is 0 Å². The summed E-state index contributed by atoms with van der Waals surface area (Å²) in [4.78, 5) is 14.9. The van der Waals surface area contributed by atoms with E-state index in [-0.39, 0.29) is 0 Å². The van der Waals surface area contributed by atoms with Crippen molar-refractivity contribution in [1.29, 1.82) is 0 Å². The van der Waals surface area contributed by atoms with Crippen molar-refractivity contribution in [3.8, 4) is 56.1 Å². The van der Waals surface area contributed by atoms with Crippen LogP contribution in [0.25, 0.3) is 120 Å².